The monoisotopic (exact) mass is 244 g/mol. The minimum atomic E-state index is -0.599. The molecule has 18 heavy (non-hydrogen) atoms. The number of hydrogen-bond donors (Lipinski definition) is 0. The minimum Gasteiger partial charge on any atom is -0.306 e. The summed E-state index contributed by atoms with van der Waals surface area (Å²) in [5, 5.41) is 0. The van der Waals surface area contributed by atoms with Crippen molar-refractivity contribution in [3.05, 3.63) is 59.9 Å². The number of halogens is 2. The topological polar surface area (TPSA) is 17.3 Å². The Hall–Kier alpha value is -2.23. The summed E-state index contributed by atoms with van der Waals surface area (Å²) in [6.07, 6.45) is 3.68. The molecule has 0 bridgehead atoms. The number of fused-ring (bicyclic) bond motifs is 1. The average molecular weight is 244 g/mol. The van der Waals surface area contributed by atoms with E-state index in [1.807, 2.05) is 29.7 Å². The summed E-state index contributed by atoms with van der Waals surface area (Å²) in [5.41, 5.74) is 2.84. The van der Waals surface area contributed by atoms with E-state index in [9.17, 15) is 8.78 Å². The van der Waals surface area contributed by atoms with Crippen molar-refractivity contribution in [3.63, 3.8) is 0 Å². The van der Waals surface area contributed by atoms with Gasteiger partial charge in [-0.05, 0) is 30.7 Å². The Labute approximate surface area is 103 Å². The van der Waals surface area contributed by atoms with Crippen LogP contribution < -0.4 is 0 Å². The lowest BCUT2D eigenvalue weighted by atomic mass is 10.1. The zero-order valence-corrected chi connectivity index (χ0v) is 9.69. The van der Waals surface area contributed by atoms with Crippen molar-refractivity contribution in [2.24, 2.45) is 0 Å². The fraction of sp³-hybridized carbons (Fsp3) is 0.0714. The van der Waals surface area contributed by atoms with Crippen molar-refractivity contribution >= 4 is 5.65 Å². The van der Waals surface area contributed by atoms with E-state index in [0.29, 0.717) is 11.3 Å². The summed E-state index contributed by atoms with van der Waals surface area (Å²) in [6, 6.07) is 7.21. The van der Waals surface area contributed by atoms with Gasteiger partial charge in [-0.1, -0.05) is 6.07 Å². The summed E-state index contributed by atoms with van der Waals surface area (Å²) in [5.74, 6) is -1.20. The van der Waals surface area contributed by atoms with Crippen LogP contribution in [0.5, 0.6) is 0 Å². The highest BCUT2D eigenvalue weighted by Gasteiger charge is 2.07. The Morgan fingerprint density at radius 1 is 1.00 bits per heavy atom. The molecule has 0 unspecified atom stereocenters. The van der Waals surface area contributed by atoms with Crippen molar-refractivity contribution in [2.45, 2.75) is 6.92 Å². The van der Waals surface area contributed by atoms with Gasteiger partial charge in [-0.25, -0.2) is 13.8 Å². The predicted molar refractivity (Wildman–Crippen MR) is 65.3 cm³/mol. The molecule has 2 heterocycles. The molecule has 4 heteroatoms. The van der Waals surface area contributed by atoms with Gasteiger partial charge >= 0.3 is 0 Å². The van der Waals surface area contributed by atoms with E-state index in [4.69, 9.17) is 0 Å². The van der Waals surface area contributed by atoms with E-state index in [1.54, 1.807) is 6.20 Å². The highest BCUT2D eigenvalue weighted by Crippen LogP contribution is 2.21. The van der Waals surface area contributed by atoms with Gasteiger partial charge in [0.25, 0.3) is 0 Å². The molecule has 0 spiro atoms. The van der Waals surface area contributed by atoms with Crippen molar-refractivity contribution in [3.8, 4) is 11.3 Å². The zero-order valence-electron chi connectivity index (χ0n) is 9.69. The smallest absolute Gasteiger partial charge is 0.137 e. The number of nitrogens with zero attached hydrogens (tertiary/aromatic N) is 2. The van der Waals surface area contributed by atoms with E-state index in [2.05, 4.69) is 4.98 Å². The molecule has 0 aliphatic rings. The second kappa shape index (κ2) is 3.91. The lowest BCUT2D eigenvalue weighted by molar-refractivity contribution is 0.584. The van der Waals surface area contributed by atoms with Crippen molar-refractivity contribution in [1.82, 2.24) is 9.38 Å². The predicted octanol–water partition coefficient (Wildman–Crippen LogP) is 3.59. The van der Waals surface area contributed by atoms with Crippen LogP contribution >= 0.6 is 0 Å². The molecule has 0 aliphatic heterocycles. The Bertz CT molecular complexity index is 711. The van der Waals surface area contributed by atoms with Crippen LogP contribution in [0.3, 0.4) is 0 Å². The van der Waals surface area contributed by atoms with Gasteiger partial charge in [0.1, 0.15) is 17.3 Å². The number of aryl methyl sites for hydroxylation is 1. The third kappa shape index (κ3) is 1.86. The van der Waals surface area contributed by atoms with E-state index in [-0.39, 0.29) is 0 Å². The lowest BCUT2D eigenvalue weighted by Crippen LogP contribution is -1.83. The van der Waals surface area contributed by atoms with E-state index < -0.39 is 11.6 Å². The minimum absolute atomic E-state index is 0.439. The molecule has 3 rings (SSSR count). The molecule has 2 nitrogen and oxygen atoms in total. The lowest BCUT2D eigenvalue weighted by Gasteiger charge is -1.97. The normalized spacial score (nSPS) is 11.1. The van der Waals surface area contributed by atoms with Crippen LogP contribution in [0.2, 0.25) is 0 Å². The summed E-state index contributed by atoms with van der Waals surface area (Å²) in [4.78, 5) is 4.34. The van der Waals surface area contributed by atoms with Gasteiger partial charge in [0.2, 0.25) is 0 Å². The van der Waals surface area contributed by atoms with Gasteiger partial charge in [-0.3, -0.25) is 0 Å². The van der Waals surface area contributed by atoms with Gasteiger partial charge in [0.15, 0.2) is 0 Å². The largest absolute Gasteiger partial charge is 0.306 e. The first-order chi connectivity index (χ1) is 8.61. The van der Waals surface area contributed by atoms with E-state index in [1.165, 1.54) is 12.1 Å². The van der Waals surface area contributed by atoms with E-state index >= 15 is 0 Å². The van der Waals surface area contributed by atoms with E-state index in [0.717, 1.165) is 17.3 Å². The molecule has 0 aliphatic carbocycles. The zero-order chi connectivity index (χ0) is 12.7. The second-order valence-electron chi connectivity index (χ2n) is 4.26. The fourth-order valence-electron chi connectivity index (χ4n) is 1.94. The molecule has 0 saturated heterocycles. The van der Waals surface area contributed by atoms with Crippen LogP contribution in [0.1, 0.15) is 5.56 Å². The Kier molecular flexibility index (Phi) is 2.37. The summed E-state index contributed by atoms with van der Waals surface area (Å²) in [7, 11) is 0. The van der Waals surface area contributed by atoms with Gasteiger partial charge in [0, 0.05) is 24.0 Å². The number of pyridine rings is 1. The van der Waals surface area contributed by atoms with Crippen molar-refractivity contribution < 1.29 is 8.78 Å². The van der Waals surface area contributed by atoms with Crippen LogP contribution in [-0.4, -0.2) is 9.38 Å². The molecule has 0 saturated carbocycles. The molecule has 0 radical (unpaired) electrons. The van der Waals surface area contributed by atoms with Crippen LogP contribution in [0.25, 0.3) is 16.9 Å². The summed E-state index contributed by atoms with van der Waals surface area (Å²) in [6.45, 7) is 1.97. The maximum Gasteiger partial charge on any atom is 0.137 e. The van der Waals surface area contributed by atoms with Gasteiger partial charge in [-0.15, -0.1) is 0 Å². The van der Waals surface area contributed by atoms with Crippen molar-refractivity contribution in [2.75, 3.05) is 0 Å². The quantitative estimate of drug-likeness (QED) is 0.639. The molecule has 0 amide bonds. The first-order valence-corrected chi connectivity index (χ1v) is 5.54. The third-order valence-electron chi connectivity index (χ3n) is 2.76. The molecule has 1 aromatic carbocycles. The first-order valence-electron chi connectivity index (χ1n) is 5.54. The molecule has 0 fully saturated rings. The third-order valence-corrected chi connectivity index (χ3v) is 2.76. The summed E-state index contributed by atoms with van der Waals surface area (Å²) < 4.78 is 28.2. The molecule has 3 aromatic rings. The maximum absolute atomic E-state index is 13.2. The van der Waals surface area contributed by atoms with Gasteiger partial charge < -0.3 is 4.40 Å². The second-order valence-corrected chi connectivity index (χ2v) is 4.26. The maximum atomic E-state index is 13.2. The van der Waals surface area contributed by atoms with Crippen LogP contribution in [-0.2, 0) is 0 Å². The molecule has 2 aromatic heterocycles. The summed E-state index contributed by atoms with van der Waals surface area (Å²) >= 11 is 0. The van der Waals surface area contributed by atoms with Crippen LogP contribution in [0.15, 0.2) is 42.7 Å². The molecular weight excluding hydrogens is 234 g/mol. The number of benzene rings is 1. The number of aromatic nitrogens is 2. The van der Waals surface area contributed by atoms with Crippen LogP contribution in [0.4, 0.5) is 8.78 Å². The SMILES string of the molecule is Cc1ccc2nc(-c3cc(F)cc(F)c3)cn2c1. The Morgan fingerprint density at radius 3 is 2.44 bits per heavy atom. The first kappa shape index (κ1) is 10.9. The number of imidazole rings is 1. The molecular formula is C14H10F2N2. The Balaban J connectivity index is 2.19. The number of rotatable bonds is 1. The number of hydrogen-bond acceptors (Lipinski definition) is 1. The van der Waals surface area contributed by atoms with Crippen molar-refractivity contribution in [1.29, 1.82) is 0 Å². The fourth-order valence-corrected chi connectivity index (χ4v) is 1.94. The highest BCUT2D eigenvalue weighted by molar-refractivity contribution is 5.62. The molecule has 0 N–H and O–H groups in total. The van der Waals surface area contributed by atoms with Gasteiger partial charge in [0.05, 0.1) is 5.69 Å². The Morgan fingerprint density at radius 2 is 1.72 bits per heavy atom. The highest BCUT2D eigenvalue weighted by atomic mass is 19.1. The van der Waals surface area contributed by atoms with Gasteiger partial charge in [-0.2, -0.15) is 0 Å². The van der Waals surface area contributed by atoms with Crippen LogP contribution in [0, 0.1) is 18.6 Å². The molecule has 0 atom stereocenters. The molecule has 90 valence electrons. The average Bonchev–Trinajstić information content (AvgIpc) is 2.70. The standard InChI is InChI=1S/C14H10F2N2/c1-9-2-3-14-17-13(8-18(14)7-9)10-4-11(15)6-12(16)5-10/h2-8H,1H3.